The number of nitrogens with zero attached hydrogens (tertiary/aromatic N) is 6. The van der Waals surface area contributed by atoms with Crippen molar-refractivity contribution >= 4 is 46.1 Å². The summed E-state index contributed by atoms with van der Waals surface area (Å²) < 4.78 is 4.45. The van der Waals surface area contributed by atoms with Gasteiger partial charge < -0.3 is 0 Å². The summed E-state index contributed by atoms with van der Waals surface area (Å²) in [5, 5.41) is 3.56. The van der Waals surface area contributed by atoms with Crippen LogP contribution in [0.3, 0.4) is 0 Å². The van der Waals surface area contributed by atoms with Crippen LogP contribution < -0.4 is 5.19 Å². The quantitative estimate of drug-likeness (QED) is 0.166. The van der Waals surface area contributed by atoms with Crippen molar-refractivity contribution in [2.24, 2.45) is 0 Å². The van der Waals surface area contributed by atoms with Crippen molar-refractivity contribution in [1.29, 1.82) is 0 Å². The molecule has 3 aromatic heterocycles. The van der Waals surface area contributed by atoms with Crippen molar-refractivity contribution in [2.45, 2.75) is 19.6 Å². The number of fused-ring (bicyclic) bond motifs is 4. The highest BCUT2D eigenvalue weighted by molar-refractivity contribution is 6.89. The summed E-state index contributed by atoms with van der Waals surface area (Å²) in [5.41, 5.74) is 8.20. The van der Waals surface area contributed by atoms with Gasteiger partial charge in [-0.15, -0.1) is 0 Å². The predicted octanol–water partition coefficient (Wildman–Crippen LogP) is 9.85. The zero-order valence-corrected chi connectivity index (χ0v) is 29.1. The lowest BCUT2D eigenvalue weighted by Crippen LogP contribution is -2.39. The van der Waals surface area contributed by atoms with Gasteiger partial charge in [0.1, 0.15) is 5.82 Å². The Hall–Kier alpha value is -6.18. The molecular weight excluding hydrogens is 629 g/mol. The first-order valence-corrected chi connectivity index (χ1v) is 20.4. The van der Waals surface area contributed by atoms with Gasteiger partial charge in [-0.25, -0.2) is 9.97 Å². The van der Waals surface area contributed by atoms with E-state index >= 15 is 0 Å². The van der Waals surface area contributed by atoms with E-state index in [1.807, 2.05) is 30.3 Å². The molecule has 7 heteroatoms. The average Bonchev–Trinajstić information content (AvgIpc) is 3.71. The molecule has 0 radical (unpaired) electrons. The monoisotopic (exact) mass is 662 g/mol. The zero-order valence-electron chi connectivity index (χ0n) is 28.1. The minimum atomic E-state index is -1.72. The van der Waals surface area contributed by atoms with Crippen molar-refractivity contribution in [3.8, 4) is 45.8 Å². The molecule has 6 aromatic carbocycles. The van der Waals surface area contributed by atoms with E-state index in [0.29, 0.717) is 17.6 Å². The molecule has 0 unspecified atom stereocenters. The normalized spacial score (nSPS) is 11.9. The lowest BCUT2D eigenvalue weighted by molar-refractivity contribution is 0.953. The molecule has 0 aliphatic rings. The van der Waals surface area contributed by atoms with Crippen LogP contribution >= 0.6 is 0 Å². The maximum Gasteiger partial charge on any atom is 0.238 e. The molecule has 9 aromatic rings. The van der Waals surface area contributed by atoms with Crippen LogP contribution in [0.2, 0.25) is 19.6 Å². The van der Waals surface area contributed by atoms with Gasteiger partial charge in [0, 0.05) is 33.2 Å². The molecule has 0 aliphatic carbocycles. The average molecular weight is 663 g/mol. The summed E-state index contributed by atoms with van der Waals surface area (Å²) in [7, 11) is -1.72. The smallest absolute Gasteiger partial charge is 0.238 e. The van der Waals surface area contributed by atoms with E-state index in [1.165, 1.54) is 5.19 Å². The first kappa shape index (κ1) is 29.9. The standard InChI is InChI=1S/C43H34N6Si/c1-50(2,3)39-25-15-11-21-33(39)41-45-40(29-16-6-4-7-17-29)46-43(47-41)49-36-23-13-10-20-32(36)34-28-31(26-27-37(34)49)48-38-24-14-12-22-35(38)44-42(48)30-18-8-5-9-19-30/h4-28H,1-3H3. The van der Waals surface area contributed by atoms with Crippen LogP contribution in [0.1, 0.15) is 0 Å². The van der Waals surface area contributed by atoms with Gasteiger partial charge >= 0.3 is 0 Å². The Balaban J connectivity index is 1.31. The molecule has 0 N–H and O–H groups in total. The first-order valence-electron chi connectivity index (χ1n) is 16.9. The number of hydrogen-bond donors (Lipinski definition) is 0. The third-order valence-corrected chi connectivity index (χ3v) is 11.4. The van der Waals surface area contributed by atoms with Crippen LogP contribution in [-0.2, 0) is 0 Å². The van der Waals surface area contributed by atoms with E-state index in [0.717, 1.165) is 61.0 Å². The molecule has 0 aliphatic heterocycles. The van der Waals surface area contributed by atoms with Crippen LogP contribution in [0, 0.1) is 0 Å². The molecule has 0 spiro atoms. The molecule has 0 bridgehead atoms. The maximum absolute atomic E-state index is 5.26. The Morgan fingerprint density at radius 2 is 1.08 bits per heavy atom. The van der Waals surface area contributed by atoms with Crippen molar-refractivity contribution in [1.82, 2.24) is 29.1 Å². The van der Waals surface area contributed by atoms with Gasteiger partial charge in [0.25, 0.3) is 0 Å². The van der Waals surface area contributed by atoms with Gasteiger partial charge in [-0.05, 0) is 41.6 Å². The SMILES string of the molecule is C[Si](C)(C)c1ccccc1-c1nc(-c2ccccc2)nc(-n2c3ccccc3c3cc(-n4c(-c5ccccc5)nc5ccccc54)ccc32)n1. The second-order valence-corrected chi connectivity index (χ2v) is 18.7. The third kappa shape index (κ3) is 5.02. The number of imidazole rings is 1. The number of benzene rings is 6. The molecule has 240 valence electrons. The molecule has 0 fully saturated rings. The van der Waals surface area contributed by atoms with Gasteiger partial charge in [-0.3, -0.25) is 9.13 Å². The summed E-state index contributed by atoms with van der Waals surface area (Å²) in [5.74, 6) is 2.84. The van der Waals surface area contributed by atoms with E-state index in [1.54, 1.807) is 0 Å². The third-order valence-electron chi connectivity index (χ3n) is 9.34. The van der Waals surface area contributed by atoms with E-state index in [4.69, 9.17) is 19.9 Å². The van der Waals surface area contributed by atoms with Crippen LogP contribution in [0.15, 0.2) is 152 Å². The highest BCUT2D eigenvalue weighted by atomic mass is 28.3. The summed E-state index contributed by atoms with van der Waals surface area (Å²) >= 11 is 0. The molecule has 0 saturated carbocycles. The van der Waals surface area contributed by atoms with E-state index in [2.05, 4.69) is 150 Å². The summed E-state index contributed by atoms with van der Waals surface area (Å²) in [6, 6.07) is 52.7. The largest absolute Gasteiger partial charge is 0.292 e. The van der Waals surface area contributed by atoms with Crippen LogP contribution in [0.4, 0.5) is 0 Å². The minimum Gasteiger partial charge on any atom is -0.292 e. The van der Waals surface area contributed by atoms with Gasteiger partial charge in [-0.1, -0.05) is 135 Å². The van der Waals surface area contributed by atoms with E-state index in [9.17, 15) is 0 Å². The molecule has 6 nitrogen and oxygen atoms in total. The first-order chi connectivity index (χ1) is 24.4. The lowest BCUT2D eigenvalue weighted by atomic mass is 10.1. The Labute approximate surface area is 291 Å². The number of para-hydroxylation sites is 3. The zero-order chi connectivity index (χ0) is 33.8. The topological polar surface area (TPSA) is 61.4 Å². The predicted molar refractivity (Wildman–Crippen MR) is 208 cm³/mol. The second-order valence-electron chi connectivity index (χ2n) is 13.6. The highest BCUT2D eigenvalue weighted by Gasteiger charge is 2.24. The fourth-order valence-electron chi connectivity index (χ4n) is 7.02. The molecule has 0 amide bonds. The van der Waals surface area contributed by atoms with Crippen LogP contribution in [-0.4, -0.2) is 37.1 Å². The molecule has 50 heavy (non-hydrogen) atoms. The number of hydrogen-bond acceptors (Lipinski definition) is 4. The Bertz CT molecular complexity index is 2690. The van der Waals surface area contributed by atoms with Crippen molar-refractivity contribution in [2.75, 3.05) is 0 Å². The summed E-state index contributed by atoms with van der Waals surface area (Å²) in [6.07, 6.45) is 0. The van der Waals surface area contributed by atoms with Crippen molar-refractivity contribution in [3.63, 3.8) is 0 Å². The van der Waals surface area contributed by atoms with Gasteiger partial charge in [0.2, 0.25) is 5.95 Å². The van der Waals surface area contributed by atoms with E-state index < -0.39 is 8.07 Å². The van der Waals surface area contributed by atoms with E-state index in [-0.39, 0.29) is 0 Å². The van der Waals surface area contributed by atoms with Gasteiger partial charge in [-0.2, -0.15) is 9.97 Å². The van der Waals surface area contributed by atoms with Gasteiger partial charge in [0.15, 0.2) is 11.6 Å². The minimum absolute atomic E-state index is 0.594. The van der Waals surface area contributed by atoms with Crippen molar-refractivity contribution < 1.29 is 0 Å². The molecule has 3 heterocycles. The highest BCUT2D eigenvalue weighted by Crippen LogP contribution is 2.36. The summed E-state index contributed by atoms with van der Waals surface area (Å²) in [4.78, 5) is 20.6. The Morgan fingerprint density at radius 3 is 1.86 bits per heavy atom. The Morgan fingerprint density at radius 1 is 0.460 bits per heavy atom. The van der Waals surface area contributed by atoms with Crippen molar-refractivity contribution in [3.05, 3.63) is 152 Å². The molecule has 0 atom stereocenters. The molecule has 0 saturated heterocycles. The lowest BCUT2D eigenvalue weighted by Gasteiger charge is -2.20. The molecule has 9 rings (SSSR count). The molecular formula is C43H34N6Si. The fourth-order valence-corrected chi connectivity index (χ4v) is 8.62. The summed E-state index contributed by atoms with van der Waals surface area (Å²) in [6.45, 7) is 7.09. The van der Waals surface area contributed by atoms with Crippen LogP contribution in [0.5, 0.6) is 0 Å². The number of rotatable bonds is 6. The second kappa shape index (κ2) is 11.8. The fraction of sp³-hybridized carbons (Fsp3) is 0.0698. The Kier molecular flexibility index (Phi) is 7.03. The van der Waals surface area contributed by atoms with Crippen LogP contribution in [0.25, 0.3) is 78.6 Å². The number of aromatic nitrogens is 6. The van der Waals surface area contributed by atoms with Gasteiger partial charge in [0.05, 0.1) is 30.1 Å². The maximum atomic E-state index is 5.26.